The van der Waals surface area contributed by atoms with Crippen LogP contribution in [0.3, 0.4) is 0 Å². The van der Waals surface area contributed by atoms with E-state index in [0.29, 0.717) is 6.54 Å². The van der Waals surface area contributed by atoms with Crippen LogP contribution >= 0.6 is 0 Å². The number of hydrogen-bond acceptors (Lipinski definition) is 2. The maximum atomic E-state index is 5.48. The van der Waals surface area contributed by atoms with Crippen molar-refractivity contribution in [3.63, 3.8) is 0 Å². The first-order chi connectivity index (χ1) is 6.36. The Labute approximate surface area is 81.8 Å². The summed E-state index contributed by atoms with van der Waals surface area (Å²) in [5.74, 6) is 0. The van der Waals surface area contributed by atoms with Gasteiger partial charge in [0.15, 0.2) is 0 Å². The van der Waals surface area contributed by atoms with Crippen molar-refractivity contribution in [3.05, 3.63) is 11.6 Å². The van der Waals surface area contributed by atoms with E-state index in [-0.39, 0.29) is 0 Å². The Morgan fingerprint density at radius 3 is 2.62 bits per heavy atom. The van der Waals surface area contributed by atoms with Crippen LogP contribution < -0.4 is 5.73 Å². The largest absolute Gasteiger partial charge is 0.327 e. The van der Waals surface area contributed by atoms with Crippen molar-refractivity contribution in [2.45, 2.75) is 32.6 Å². The summed E-state index contributed by atoms with van der Waals surface area (Å²) in [5, 5.41) is 0. The molecular weight excluding hydrogens is 160 g/mol. The fraction of sp³-hybridized carbons (Fsp3) is 0.818. The molecule has 0 amide bonds. The Morgan fingerprint density at radius 2 is 2.08 bits per heavy atom. The highest BCUT2D eigenvalue weighted by atomic mass is 15.1. The summed E-state index contributed by atoms with van der Waals surface area (Å²) >= 11 is 0. The van der Waals surface area contributed by atoms with Crippen molar-refractivity contribution in [2.75, 3.05) is 26.2 Å². The highest BCUT2D eigenvalue weighted by Gasteiger charge is 2.11. The lowest BCUT2D eigenvalue weighted by molar-refractivity contribution is 0.252. The van der Waals surface area contributed by atoms with Crippen molar-refractivity contribution >= 4 is 0 Å². The Bertz CT molecular complexity index is 153. The summed E-state index contributed by atoms with van der Waals surface area (Å²) in [7, 11) is 0. The number of nitrogens with zero attached hydrogens (tertiary/aromatic N) is 1. The molecule has 2 N–H and O–H groups in total. The molecule has 1 heterocycles. The van der Waals surface area contributed by atoms with Crippen molar-refractivity contribution in [2.24, 2.45) is 5.73 Å². The van der Waals surface area contributed by atoms with Gasteiger partial charge in [0.2, 0.25) is 0 Å². The Hall–Kier alpha value is -0.340. The van der Waals surface area contributed by atoms with E-state index in [2.05, 4.69) is 17.9 Å². The number of piperidine rings is 1. The second kappa shape index (κ2) is 6.17. The molecule has 1 saturated heterocycles. The zero-order valence-corrected chi connectivity index (χ0v) is 8.76. The second-order valence-electron chi connectivity index (χ2n) is 3.79. The SMILES string of the molecule is CCCCN1CCC(=CCN)CC1. The van der Waals surface area contributed by atoms with Gasteiger partial charge in [-0.25, -0.2) is 0 Å². The van der Waals surface area contributed by atoms with Gasteiger partial charge in [0, 0.05) is 19.6 Å². The summed E-state index contributed by atoms with van der Waals surface area (Å²) in [6.07, 6.45) is 7.32. The fourth-order valence-corrected chi connectivity index (χ4v) is 1.82. The average Bonchev–Trinajstić information content (AvgIpc) is 2.17. The molecule has 0 aromatic heterocycles. The highest BCUT2D eigenvalue weighted by molar-refractivity contribution is 5.06. The minimum atomic E-state index is 0.713. The summed E-state index contributed by atoms with van der Waals surface area (Å²) < 4.78 is 0. The Balaban J connectivity index is 2.18. The topological polar surface area (TPSA) is 29.3 Å². The van der Waals surface area contributed by atoms with Crippen LogP contribution in [0.4, 0.5) is 0 Å². The van der Waals surface area contributed by atoms with Crippen LogP contribution in [0.1, 0.15) is 32.6 Å². The van der Waals surface area contributed by atoms with Crippen LogP contribution in [0.15, 0.2) is 11.6 Å². The quantitative estimate of drug-likeness (QED) is 0.671. The lowest BCUT2D eigenvalue weighted by Crippen LogP contribution is -2.31. The molecule has 2 heteroatoms. The minimum absolute atomic E-state index is 0.713. The Kier molecular flexibility index (Phi) is 5.09. The van der Waals surface area contributed by atoms with E-state index in [1.54, 1.807) is 5.57 Å². The monoisotopic (exact) mass is 182 g/mol. The summed E-state index contributed by atoms with van der Waals surface area (Å²) in [5.41, 5.74) is 7.05. The molecule has 1 rings (SSSR count). The van der Waals surface area contributed by atoms with Gasteiger partial charge >= 0.3 is 0 Å². The maximum absolute atomic E-state index is 5.48. The number of nitrogens with two attached hydrogens (primary N) is 1. The normalized spacial score (nSPS) is 19.1. The maximum Gasteiger partial charge on any atom is 0.0109 e. The average molecular weight is 182 g/mol. The van der Waals surface area contributed by atoms with Gasteiger partial charge < -0.3 is 10.6 Å². The fourth-order valence-electron chi connectivity index (χ4n) is 1.82. The van der Waals surface area contributed by atoms with Gasteiger partial charge in [0.1, 0.15) is 0 Å². The van der Waals surface area contributed by atoms with E-state index in [0.717, 1.165) is 0 Å². The molecule has 1 aliphatic rings. The molecule has 0 aliphatic carbocycles. The molecule has 2 nitrogen and oxygen atoms in total. The van der Waals surface area contributed by atoms with E-state index in [9.17, 15) is 0 Å². The molecule has 0 unspecified atom stereocenters. The molecule has 76 valence electrons. The molecule has 0 saturated carbocycles. The van der Waals surface area contributed by atoms with Gasteiger partial charge in [-0.1, -0.05) is 25.0 Å². The van der Waals surface area contributed by atoms with Gasteiger partial charge in [-0.05, 0) is 25.8 Å². The zero-order chi connectivity index (χ0) is 9.52. The van der Waals surface area contributed by atoms with Gasteiger partial charge in [-0.2, -0.15) is 0 Å². The molecule has 1 fully saturated rings. The van der Waals surface area contributed by atoms with Crippen molar-refractivity contribution in [3.8, 4) is 0 Å². The van der Waals surface area contributed by atoms with Crippen LogP contribution in [-0.2, 0) is 0 Å². The number of likely N-dealkylation sites (tertiary alicyclic amines) is 1. The predicted molar refractivity (Wildman–Crippen MR) is 57.7 cm³/mol. The Morgan fingerprint density at radius 1 is 1.38 bits per heavy atom. The molecular formula is C11H22N2. The highest BCUT2D eigenvalue weighted by Crippen LogP contribution is 2.15. The molecule has 0 aromatic rings. The molecule has 0 spiro atoms. The molecule has 0 bridgehead atoms. The lowest BCUT2D eigenvalue weighted by Gasteiger charge is -2.28. The number of unbranched alkanes of at least 4 members (excludes halogenated alkanes) is 1. The molecule has 0 aromatic carbocycles. The van der Waals surface area contributed by atoms with E-state index in [4.69, 9.17) is 5.73 Å². The predicted octanol–water partition coefficient (Wildman–Crippen LogP) is 1.77. The van der Waals surface area contributed by atoms with E-state index < -0.39 is 0 Å². The molecule has 13 heavy (non-hydrogen) atoms. The smallest absolute Gasteiger partial charge is 0.0109 e. The van der Waals surface area contributed by atoms with Crippen LogP contribution in [-0.4, -0.2) is 31.1 Å². The first-order valence-electron chi connectivity index (χ1n) is 5.47. The first-order valence-corrected chi connectivity index (χ1v) is 5.47. The van der Waals surface area contributed by atoms with Gasteiger partial charge in [0.25, 0.3) is 0 Å². The summed E-state index contributed by atoms with van der Waals surface area (Å²) in [6.45, 7) is 6.73. The standard InChI is InChI=1S/C11H22N2/c1-2-3-8-13-9-5-11(4-7-12)6-10-13/h4H,2-3,5-10,12H2,1H3. The third kappa shape index (κ3) is 3.92. The summed E-state index contributed by atoms with van der Waals surface area (Å²) in [6, 6.07) is 0. The van der Waals surface area contributed by atoms with Crippen LogP contribution in [0.5, 0.6) is 0 Å². The molecule has 0 atom stereocenters. The first kappa shape index (κ1) is 10.7. The third-order valence-corrected chi connectivity index (χ3v) is 2.73. The van der Waals surface area contributed by atoms with Gasteiger partial charge in [-0.15, -0.1) is 0 Å². The number of rotatable bonds is 4. The zero-order valence-electron chi connectivity index (χ0n) is 8.76. The van der Waals surface area contributed by atoms with E-state index in [1.165, 1.54) is 45.3 Å². The van der Waals surface area contributed by atoms with E-state index in [1.807, 2.05) is 0 Å². The second-order valence-corrected chi connectivity index (χ2v) is 3.79. The minimum Gasteiger partial charge on any atom is -0.327 e. The van der Waals surface area contributed by atoms with Gasteiger partial charge in [-0.3, -0.25) is 0 Å². The molecule has 1 aliphatic heterocycles. The van der Waals surface area contributed by atoms with Gasteiger partial charge in [0.05, 0.1) is 0 Å². The van der Waals surface area contributed by atoms with Crippen molar-refractivity contribution < 1.29 is 0 Å². The van der Waals surface area contributed by atoms with Crippen LogP contribution in [0.25, 0.3) is 0 Å². The van der Waals surface area contributed by atoms with E-state index >= 15 is 0 Å². The van der Waals surface area contributed by atoms with Crippen LogP contribution in [0, 0.1) is 0 Å². The van der Waals surface area contributed by atoms with Crippen LogP contribution in [0.2, 0.25) is 0 Å². The van der Waals surface area contributed by atoms with Crippen molar-refractivity contribution in [1.82, 2.24) is 4.90 Å². The lowest BCUT2D eigenvalue weighted by atomic mass is 10.0. The number of hydrogen-bond donors (Lipinski definition) is 1. The summed E-state index contributed by atoms with van der Waals surface area (Å²) in [4.78, 5) is 2.57. The molecule has 0 radical (unpaired) electrons. The van der Waals surface area contributed by atoms with Crippen molar-refractivity contribution in [1.29, 1.82) is 0 Å². The third-order valence-electron chi connectivity index (χ3n) is 2.73.